The van der Waals surface area contributed by atoms with Crippen molar-refractivity contribution in [3.63, 3.8) is 0 Å². The minimum atomic E-state index is -0.769. The third-order valence-corrected chi connectivity index (χ3v) is 3.14. The molecule has 0 saturated heterocycles. The summed E-state index contributed by atoms with van der Waals surface area (Å²) in [5.41, 5.74) is 5.27. The zero-order valence-corrected chi connectivity index (χ0v) is 12.5. The highest BCUT2D eigenvalue weighted by molar-refractivity contribution is 5.95. The molecule has 1 rings (SSSR count). The van der Waals surface area contributed by atoms with Crippen molar-refractivity contribution in [2.45, 2.75) is 39.8 Å². The van der Waals surface area contributed by atoms with E-state index in [1.165, 1.54) is 12.3 Å². The molecular formula is C14H23FN4O. The topological polar surface area (TPSA) is 71.2 Å². The first-order chi connectivity index (χ1) is 9.34. The maximum Gasteiger partial charge on any atom is 0.254 e. The van der Waals surface area contributed by atoms with Gasteiger partial charge in [0.15, 0.2) is 11.6 Å². The summed E-state index contributed by atoms with van der Waals surface area (Å²) in [4.78, 5) is 17.7. The van der Waals surface area contributed by atoms with E-state index in [1.807, 2.05) is 0 Å². The van der Waals surface area contributed by atoms with Crippen LogP contribution in [0.4, 0.5) is 10.2 Å². The number of nitrogens with one attached hydrogen (secondary N) is 1. The molecule has 1 aromatic rings. The Balaban J connectivity index is 2.58. The van der Waals surface area contributed by atoms with E-state index in [0.717, 1.165) is 0 Å². The predicted molar refractivity (Wildman–Crippen MR) is 77.9 cm³/mol. The standard InChI is InChI=1S/C14H23FN4O/c1-9(2)19(10(3)4)8-7-18-14(20)11-5-6-17-13(16)12(11)15/h5-6,9-10H,7-8H2,1-4H3,(H2,16,17)(H,18,20). The molecule has 112 valence electrons. The van der Waals surface area contributed by atoms with Gasteiger partial charge in [-0.25, -0.2) is 9.37 Å². The first-order valence-corrected chi connectivity index (χ1v) is 6.78. The zero-order chi connectivity index (χ0) is 15.3. The molecule has 0 atom stereocenters. The quantitative estimate of drug-likeness (QED) is 0.832. The molecule has 0 bridgehead atoms. The summed E-state index contributed by atoms with van der Waals surface area (Å²) >= 11 is 0. The van der Waals surface area contributed by atoms with Crippen molar-refractivity contribution < 1.29 is 9.18 Å². The summed E-state index contributed by atoms with van der Waals surface area (Å²) in [6.45, 7) is 9.58. The lowest BCUT2D eigenvalue weighted by molar-refractivity contribution is 0.0935. The van der Waals surface area contributed by atoms with E-state index in [-0.39, 0.29) is 11.4 Å². The summed E-state index contributed by atoms with van der Waals surface area (Å²) in [7, 11) is 0. The lowest BCUT2D eigenvalue weighted by Crippen LogP contribution is -2.42. The fourth-order valence-corrected chi connectivity index (χ4v) is 2.14. The molecule has 0 unspecified atom stereocenters. The maximum absolute atomic E-state index is 13.6. The van der Waals surface area contributed by atoms with Gasteiger partial charge >= 0.3 is 0 Å². The van der Waals surface area contributed by atoms with Gasteiger partial charge in [-0.05, 0) is 33.8 Å². The monoisotopic (exact) mass is 282 g/mol. The Labute approximate surface area is 119 Å². The number of anilines is 1. The molecule has 5 nitrogen and oxygen atoms in total. The fourth-order valence-electron chi connectivity index (χ4n) is 2.14. The number of hydrogen-bond donors (Lipinski definition) is 2. The molecule has 0 spiro atoms. The van der Waals surface area contributed by atoms with Gasteiger partial charge in [0.25, 0.3) is 5.91 Å². The average molecular weight is 282 g/mol. The fraction of sp³-hybridized carbons (Fsp3) is 0.571. The van der Waals surface area contributed by atoms with E-state index in [4.69, 9.17) is 5.73 Å². The third-order valence-electron chi connectivity index (χ3n) is 3.14. The molecule has 0 radical (unpaired) electrons. The van der Waals surface area contributed by atoms with Crippen molar-refractivity contribution in [3.05, 3.63) is 23.6 Å². The van der Waals surface area contributed by atoms with Gasteiger partial charge < -0.3 is 11.1 Å². The molecule has 6 heteroatoms. The molecule has 0 aromatic carbocycles. The number of nitrogens with two attached hydrogens (primary N) is 1. The Morgan fingerprint density at radius 3 is 2.55 bits per heavy atom. The molecule has 1 amide bonds. The first kappa shape index (κ1) is 16.4. The van der Waals surface area contributed by atoms with Crippen LogP contribution >= 0.6 is 0 Å². The van der Waals surface area contributed by atoms with Crippen molar-refractivity contribution in [2.75, 3.05) is 18.8 Å². The number of halogens is 1. The zero-order valence-electron chi connectivity index (χ0n) is 12.5. The lowest BCUT2D eigenvalue weighted by atomic mass is 10.2. The van der Waals surface area contributed by atoms with Gasteiger partial charge in [0.1, 0.15) is 0 Å². The van der Waals surface area contributed by atoms with Gasteiger partial charge in [-0.2, -0.15) is 0 Å². The Bertz CT molecular complexity index is 454. The number of aromatic nitrogens is 1. The van der Waals surface area contributed by atoms with Gasteiger partial charge in [-0.1, -0.05) is 0 Å². The van der Waals surface area contributed by atoms with Crippen LogP contribution in [0.5, 0.6) is 0 Å². The van der Waals surface area contributed by atoms with Gasteiger partial charge in [-0.15, -0.1) is 0 Å². The molecule has 0 aliphatic rings. The van der Waals surface area contributed by atoms with Crippen LogP contribution in [-0.2, 0) is 0 Å². The second kappa shape index (κ2) is 7.19. The molecule has 0 fully saturated rings. The minimum Gasteiger partial charge on any atom is -0.381 e. The van der Waals surface area contributed by atoms with Crippen molar-refractivity contribution in [2.24, 2.45) is 0 Å². The number of pyridine rings is 1. The highest BCUT2D eigenvalue weighted by Crippen LogP contribution is 2.11. The van der Waals surface area contributed by atoms with Crippen molar-refractivity contribution >= 4 is 11.7 Å². The van der Waals surface area contributed by atoms with Crippen LogP contribution in [-0.4, -0.2) is 41.0 Å². The normalized spacial score (nSPS) is 11.4. The summed E-state index contributed by atoms with van der Waals surface area (Å²) in [6, 6.07) is 2.10. The molecular weight excluding hydrogens is 259 g/mol. The molecule has 0 saturated carbocycles. The number of carbonyl (C=O) groups is 1. The van der Waals surface area contributed by atoms with Crippen molar-refractivity contribution in [3.8, 4) is 0 Å². The number of rotatable bonds is 6. The minimum absolute atomic E-state index is 0.0712. The number of carbonyl (C=O) groups excluding carboxylic acids is 1. The van der Waals surface area contributed by atoms with Gasteiger partial charge in [0, 0.05) is 31.4 Å². The summed E-state index contributed by atoms with van der Waals surface area (Å²) < 4.78 is 13.6. The number of nitrogens with zero attached hydrogens (tertiary/aromatic N) is 2. The van der Waals surface area contributed by atoms with E-state index in [9.17, 15) is 9.18 Å². The van der Waals surface area contributed by atoms with Crippen LogP contribution in [0.2, 0.25) is 0 Å². The van der Waals surface area contributed by atoms with E-state index < -0.39 is 11.7 Å². The SMILES string of the molecule is CC(C)N(CCNC(=O)c1ccnc(N)c1F)C(C)C. The Hall–Kier alpha value is -1.69. The highest BCUT2D eigenvalue weighted by Gasteiger charge is 2.16. The van der Waals surface area contributed by atoms with Crippen LogP contribution in [0.25, 0.3) is 0 Å². The molecule has 20 heavy (non-hydrogen) atoms. The van der Waals surface area contributed by atoms with Crippen molar-refractivity contribution in [1.82, 2.24) is 15.2 Å². The van der Waals surface area contributed by atoms with Crippen LogP contribution < -0.4 is 11.1 Å². The summed E-state index contributed by atoms with van der Waals surface area (Å²) in [5, 5.41) is 2.70. The maximum atomic E-state index is 13.6. The largest absolute Gasteiger partial charge is 0.381 e. The predicted octanol–water partition coefficient (Wildman–Crippen LogP) is 1.65. The lowest BCUT2D eigenvalue weighted by Gasteiger charge is -2.30. The van der Waals surface area contributed by atoms with Crippen LogP contribution in [0.3, 0.4) is 0 Å². The second-order valence-electron chi connectivity index (χ2n) is 5.24. The Kier molecular flexibility index (Phi) is 5.88. The first-order valence-electron chi connectivity index (χ1n) is 6.78. The van der Waals surface area contributed by atoms with E-state index in [2.05, 4.69) is 42.9 Å². The molecule has 0 aliphatic heterocycles. The number of amides is 1. The smallest absolute Gasteiger partial charge is 0.254 e. The number of hydrogen-bond acceptors (Lipinski definition) is 4. The Morgan fingerprint density at radius 2 is 2.00 bits per heavy atom. The van der Waals surface area contributed by atoms with Crippen LogP contribution in [0, 0.1) is 5.82 Å². The van der Waals surface area contributed by atoms with Gasteiger partial charge in [-0.3, -0.25) is 9.69 Å². The van der Waals surface area contributed by atoms with Gasteiger partial charge in [0.05, 0.1) is 5.56 Å². The second-order valence-corrected chi connectivity index (χ2v) is 5.24. The molecule has 1 aromatic heterocycles. The molecule has 0 aliphatic carbocycles. The summed E-state index contributed by atoms with van der Waals surface area (Å²) in [5.74, 6) is -1.50. The average Bonchev–Trinajstić information content (AvgIpc) is 2.36. The Morgan fingerprint density at radius 1 is 1.40 bits per heavy atom. The summed E-state index contributed by atoms with van der Waals surface area (Å²) in [6.07, 6.45) is 1.32. The van der Waals surface area contributed by atoms with Gasteiger partial charge in [0.2, 0.25) is 0 Å². The van der Waals surface area contributed by atoms with Crippen LogP contribution in [0.15, 0.2) is 12.3 Å². The highest BCUT2D eigenvalue weighted by atomic mass is 19.1. The van der Waals surface area contributed by atoms with Crippen molar-refractivity contribution in [1.29, 1.82) is 0 Å². The third kappa shape index (κ3) is 4.16. The number of nitrogen functional groups attached to an aromatic ring is 1. The molecule has 1 heterocycles. The van der Waals surface area contributed by atoms with Crippen LogP contribution in [0.1, 0.15) is 38.1 Å². The van der Waals surface area contributed by atoms with E-state index >= 15 is 0 Å². The molecule has 3 N–H and O–H groups in total. The van der Waals surface area contributed by atoms with E-state index in [0.29, 0.717) is 25.2 Å². The van der Waals surface area contributed by atoms with E-state index in [1.54, 1.807) is 0 Å².